The van der Waals surface area contributed by atoms with Gasteiger partial charge in [0.1, 0.15) is 5.01 Å². The van der Waals surface area contributed by atoms with Crippen molar-refractivity contribution >= 4 is 33.1 Å². The van der Waals surface area contributed by atoms with E-state index in [2.05, 4.69) is 10.3 Å². The highest BCUT2D eigenvalue weighted by Gasteiger charge is 2.13. The molecule has 0 bridgehead atoms. The van der Waals surface area contributed by atoms with Crippen molar-refractivity contribution in [3.63, 3.8) is 0 Å². The number of nitrogens with one attached hydrogen (secondary N) is 1. The fraction of sp³-hybridized carbons (Fsp3) is 0.118. The van der Waals surface area contributed by atoms with Gasteiger partial charge in [-0.15, -0.1) is 11.3 Å². The third-order valence-electron chi connectivity index (χ3n) is 3.34. The van der Waals surface area contributed by atoms with Gasteiger partial charge in [-0.1, -0.05) is 12.1 Å². The maximum Gasteiger partial charge on any atom is 0.242 e. The molecular weight excluding hydrogens is 308 g/mol. The number of fused-ring (bicyclic) bond motifs is 1. The van der Waals surface area contributed by atoms with E-state index in [1.807, 2.05) is 42.5 Å². The molecule has 1 heterocycles. The van der Waals surface area contributed by atoms with Crippen molar-refractivity contribution in [2.24, 2.45) is 5.73 Å². The largest absolute Gasteiger partial charge is 0.325 e. The Bertz CT molecular complexity index is 846. The molecule has 0 aliphatic carbocycles. The molecule has 0 spiro atoms. The van der Waals surface area contributed by atoms with Gasteiger partial charge in [-0.2, -0.15) is 5.26 Å². The molecule has 3 N–H and O–H groups in total. The van der Waals surface area contributed by atoms with Crippen molar-refractivity contribution in [3.05, 3.63) is 48.5 Å². The Morgan fingerprint density at radius 2 is 2.00 bits per heavy atom. The fourth-order valence-corrected chi connectivity index (χ4v) is 3.09. The number of hydrogen-bond acceptors (Lipinski definition) is 5. The van der Waals surface area contributed by atoms with Crippen LogP contribution in [0.3, 0.4) is 0 Å². The molecule has 1 atom stereocenters. The van der Waals surface area contributed by atoms with Crippen molar-refractivity contribution in [3.8, 4) is 16.6 Å². The third kappa shape index (κ3) is 3.37. The predicted molar refractivity (Wildman–Crippen MR) is 91.9 cm³/mol. The van der Waals surface area contributed by atoms with Crippen LogP contribution in [0.1, 0.15) is 6.42 Å². The summed E-state index contributed by atoms with van der Waals surface area (Å²) < 4.78 is 1.14. The van der Waals surface area contributed by atoms with Gasteiger partial charge in [0.15, 0.2) is 0 Å². The summed E-state index contributed by atoms with van der Waals surface area (Å²) in [5.74, 6) is -0.362. The summed E-state index contributed by atoms with van der Waals surface area (Å²) in [6.07, 6.45) is -0.00434. The summed E-state index contributed by atoms with van der Waals surface area (Å²) in [4.78, 5) is 16.4. The first-order valence-corrected chi connectivity index (χ1v) is 7.88. The van der Waals surface area contributed by atoms with Gasteiger partial charge in [-0.3, -0.25) is 4.79 Å². The normalized spacial score (nSPS) is 11.8. The number of nitrogens with two attached hydrogens (primary N) is 1. The maximum atomic E-state index is 11.8. The summed E-state index contributed by atoms with van der Waals surface area (Å²) in [6.45, 7) is 0. The number of nitrogens with zero attached hydrogens (tertiary/aromatic N) is 2. The van der Waals surface area contributed by atoms with Gasteiger partial charge >= 0.3 is 0 Å². The molecule has 23 heavy (non-hydrogen) atoms. The van der Waals surface area contributed by atoms with Crippen LogP contribution in [0, 0.1) is 11.3 Å². The molecule has 114 valence electrons. The van der Waals surface area contributed by atoms with E-state index in [9.17, 15) is 4.79 Å². The Hall–Kier alpha value is -2.75. The molecule has 5 nitrogen and oxygen atoms in total. The van der Waals surface area contributed by atoms with E-state index in [-0.39, 0.29) is 12.3 Å². The Morgan fingerprint density at radius 1 is 1.26 bits per heavy atom. The van der Waals surface area contributed by atoms with Crippen LogP contribution in [0.4, 0.5) is 5.69 Å². The third-order valence-corrected chi connectivity index (χ3v) is 4.43. The zero-order valence-corrected chi connectivity index (χ0v) is 13.0. The van der Waals surface area contributed by atoms with Crippen LogP contribution in [0.2, 0.25) is 0 Å². The van der Waals surface area contributed by atoms with E-state index in [4.69, 9.17) is 11.0 Å². The molecule has 1 aromatic heterocycles. The molecule has 6 heteroatoms. The lowest BCUT2D eigenvalue weighted by atomic mass is 10.2. The SMILES string of the molecule is N#CCC(N)C(=O)Nc1ccc(-c2nc3ccccc3s2)cc1. The lowest BCUT2D eigenvalue weighted by molar-refractivity contribution is -0.117. The van der Waals surface area contributed by atoms with Crippen LogP contribution in [-0.4, -0.2) is 16.9 Å². The molecule has 0 saturated carbocycles. The highest BCUT2D eigenvalue weighted by molar-refractivity contribution is 7.21. The minimum Gasteiger partial charge on any atom is -0.325 e. The lowest BCUT2D eigenvalue weighted by Crippen LogP contribution is -2.35. The van der Waals surface area contributed by atoms with Gasteiger partial charge in [-0.05, 0) is 36.4 Å². The number of aromatic nitrogens is 1. The van der Waals surface area contributed by atoms with Crippen molar-refractivity contribution in [1.29, 1.82) is 5.26 Å². The summed E-state index contributed by atoms with van der Waals surface area (Å²) in [5.41, 5.74) is 8.21. The Labute approximate surface area is 137 Å². The number of amides is 1. The van der Waals surface area contributed by atoms with Crippen LogP contribution in [0.25, 0.3) is 20.8 Å². The number of anilines is 1. The molecule has 1 unspecified atom stereocenters. The first kappa shape index (κ1) is 15.2. The van der Waals surface area contributed by atoms with Gasteiger partial charge in [0.2, 0.25) is 5.91 Å². The van der Waals surface area contributed by atoms with Crippen molar-refractivity contribution in [1.82, 2.24) is 4.98 Å². The van der Waals surface area contributed by atoms with Crippen LogP contribution in [-0.2, 0) is 4.79 Å². The van der Waals surface area contributed by atoms with E-state index < -0.39 is 6.04 Å². The second-order valence-corrected chi connectivity index (χ2v) is 6.05. The van der Waals surface area contributed by atoms with Gasteiger partial charge in [0.25, 0.3) is 0 Å². The number of thiazole rings is 1. The second-order valence-electron chi connectivity index (χ2n) is 5.02. The molecule has 3 rings (SSSR count). The van der Waals surface area contributed by atoms with E-state index in [1.165, 1.54) is 0 Å². The summed E-state index contributed by atoms with van der Waals surface area (Å²) in [6, 6.07) is 16.5. The van der Waals surface area contributed by atoms with Gasteiger partial charge in [-0.25, -0.2) is 4.98 Å². The topological polar surface area (TPSA) is 91.8 Å². The van der Waals surface area contributed by atoms with Gasteiger partial charge in [0, 0.05) is 11.3 Å². The Balaban J connectivity index is 1.77. The van der Waals surface area contributed by atoms with Crippen molar-refractivity contribution in [2.75, 3.05) is 5.32 Å². The number of carbonyl (C=O) groups is 1. The van der Waals surface area contributed by atoms with Crippen LogP contribution in [0.15, 0.2) is 48.5 Å². The summed E-state index contributed by atoms with van der Waals surface area (Å²) in [7, 11) is 0. The molecule has 2 aromatic carbocycles. The Morgan fingerprint density at radius 3 is 2.70 bits per heavy atom. The van der Waals surface area contributed by atoms with Gasteiger partial charge in [0.05, 0.1) is 28.7 Å². The number of benzene rings is 2. The monoisotopic (exact) mass is 322 g/mol. The van der Waals surface area contributed by atoms with Crippen LogP contribution >= 0.6 is 11.3 Å². The minimum absolute atomic E-state index is 0.00434. The van der Waals surface area contributed by atoms with Crippen LogP contribution in [0.5, 0.6) is 0 Å². The molecule has 3 aromatic rings. The molecule has 1 amide bonds. The number of hydrogen-bond donors (Lipinski definition) is 2. The maximum absolute atomic E-state index is 11.8. The number of para-hydroxylation sites is 1. The average molecular weight is 322 g/mol. The number of rotatable bonds is 4. The summed E-state index contributed by atoms with van der Waals surface area (Å²) >= 11 is 1.63. The predicted octanol–water partition coefficient (Wildman–Crippen LogP) is 3.14. The fourth-order valence-electron chi connectivity index (χ4n) is 2.12. The molecule has 0 fully saturated rings. The zero-order valence-electron chi connectivity index (χ0n) is 12.2. The first-order chi connectivity index (χ1) is 11.2. The molecule has 0 radical (unpaired) electrons. The number of nitriles is 1. The number of carbonyl (C=O) groups excluding carboxylic acids is 1. The van der Waals surface area contributed by atoms with E-state index in [0.717, 1.165) is 20.8 Å². The highest BCUT2D eigenvalue weighted by Crippen LogP contribution is 2.30. The minimum atomic E-state index is -0.816. The molecular formula is C17H14N4OS. The summed E-state index contributed by atoms with van der Waals surface area (Å²) in [5, 5.41) is 12.2. The molecule has 0 saturated heterocycles. The highest BCUT2D eigenvalue weighted by atomic mass is 32.1. The molecule has 0 aliphatic rings. The van der Waals surface area contributed by atoms with Crippen molar-refractivity contribution < 1.29 is 4.79 Å². The second kappa shape index (κ2) is 6.57. The van der Waals surface area contributed by atoms with E-state index in [0.29, 0.717) is 5.69 Å². The first-order valence-electron chi connectivity index (χ1n) is 7.07. The quantitative estimate of drug-likeness (QED) is 0.772. The molecule has 0 aliphatic heterocycles. The zero-order chi connectivity index (χ0) is 16.2. The smallest absolute Gasteiger partial charge is 0.242 e. The Kier molecular flexibility index (Phi) is 4.33. The van der Waals surface area contributed by atoms with Crippen molar-refractivity contribution in [2.45, 2.75) is 12.5 Å². The standard InChI is InChI=1S/C17H14N4OS/c18-10-9-13(19)16(22)20-12-7-5-11(6-8-12)17-21-14-3-1-2-4-15(14)23-17/h1-8,13H,9,19H2,(H,20,22). The average Bonchev–Trinajstić information content (AvgIpc) is 2.99. The van der Waals surface area contributed by atoms with E-state index in [1.54, 1.807) is 23.5 Å². The van der Waals surface area contributed by atoms with E-state index >= 15 is 0 Å². The lowest BCUT2D eigenvalue weighted by Gasteiger charge is -2.09. The van der Waals surface area contributed by atoms with Crippen LogP contribution < -0.4 is 11.1 Å². The van der Waals surface area contributed by atoms with Gasteiger partial charge < -0.3 is 11.1 Å².